The predicted octanol–water partition coefficient (Wildman–Crippen LogP) is 4.53. The summed E-state index contributed by atoms with van der Waals surface area (Å²) >= 11 is 1.73. The summed E-state index contributed by atoms with van der Waals surface area (Å²) < 4.78 is 33.2. The lowest BCUT2D eigenvalue weighted by molar-refractivity contribution is -0.119. The van der Waals surface area contributed by atoms with Crippen molar-refractivity contribution in [3.8, 4) is 0 Å². The van der Waals surface area contributed by atoms with Crippen LogP contribution in [0, 0.1) is 13.8 Å². The predicted molar refractivity (Wildman–Crippen MR) is 129 cm³/mol. The van der Waals surface area contributed by atoms with E-state index in [9.17, 15) is 13.2 Å². The summed E-state index contributed by atoms with van der Waals surface area (Å²) in [5.41, 5.74) is 2.33. The van der Waals surface area contributed by atoms with Crippen molar-refractivity contribution < 1.29 is 17.6 Å². The molecule has 0 fully saturated rings. The van der Waals surface area contributed by atoms with Crippen LogP contribution in [0.1, 0.15) is 23.3 Å². The van der Waals surface area contributed by atoms with Gasteiger partial charge in [0.15, 0.2) is 0 Å². The number of anilines is 1. The second kappa shape index (κ2) is 11.2. The summed E-state index contributed by atoms with van der Waals surface area (Å²) in [5, 5.41) is 2.85. The number of amides is 1. The van der Waals surface area contributed by atoms with Crippen LogP contribution in [-0.2, 0) is 20.6 Å². The first-order valence-corrected chi connectivity index (χ1v) is 13.0. The number of nitrogens with zero attached hydrogens (tertiary/aromatic N) is 1. The SMILES string of the molecule is Cc1ccc(N(CC(=O)NCCCSCc2ccco2)S(=O)(=O)c2ccccc2)c(C)c1. The van der Waals surface area contributed by atoms with Gasteiger partial charge in [0.2, 0.25) is 5.91 Å². The van der Waals surface area contributed by atoms with Crippen LogP contribution in [0.5, 0.6) is 0 Å². The van der Waals surface area contributed by atoms with Gasteiger partial charge in [-0.1, -0.05) is 35.9 Å². The van der Waals surface area contributed by atoms with E-state index in [0.29, 0.717) is 12.2 Å². The first-order valence-electron chi connectivity index (χ1n) is 10.4. The number of hydrogen-bond donors (Lipinski definition) is 1. The van der Waals surface area contributed by atoms with E-state index >= 15 is 0 Å². The summed E-state index contributed by atoms with van der Waals surface area (Å²) in [7, 11) is -3.89. The molecule has 0 saturated heterocycles. The van der Waals surface area contributed by atoms with E-state index in [1.54, 1.807) is 54.4 Å². The van der Waals surface area contributed by atoms with Gasteiger partial charge in [0.25, 0.3) is 10.0 Å². The molecule has 0 bridgehead atoms. The largest absolute Gasteiger partial charge is 0.468 e. The Morgan fingerprint density at radius 1 is 1.06 bits per heavy atom. The molecule has 3 aromatic rings. The number of sulfonamides is 1. The Kier molecular flexibility index (Phi) is 8.41. The fourth-order valence-corrected chi connectivity index (χ4v) is 5.63. The van der Waals surface area contributed by atoms with Crippen LogP contribution < -0.4 is 9.62 Å². The third-order valence-corrected chi connectivity index (χ3v) is 7.69. The monoisotopic (exact) mass is 472 g/mol. The average Bonchev–Trinajstić information content (AvgIpc) is 3.29. The van der Waals surface area contributed by atoms with Crippen molar-refractivity contribution in [1.29, 1.82) is 0 Å². The maximum Gasteiger partial charge on any atom is 0.264 e. The number of nitrogens with one attached hydrogen (secondary N) is 1. The summed E-state index contributed by atoms with van der Waals surface area (Å²) in [6.07, 6.45) is 2.44. The van der Waals surface area contributed by atoms with Crippen molar-refractivity contribution in [2.45, 2.75) is 30.9 Å². The van der Waals surface area contributed by atoms with E-state index in [1.165, 1.54) is 4.31 Å². The number of hydrogen-bond acceptors (Lipinski definition) is 5. The Labute approximate surface area is 194 Å². The van der Waals surface area contributed by atoms with Gasteiger partial charge in [-0.25, -0.2) is 8.42 Å². The molecule has 1 aromatic heterocycles. The molecule has 0 radical (unpaired) electrons. The van der Waals surface area contributed by atoms with Crippen molar-refractivity contribution in [2.75, 3.05) is 23.1 Å². The maximum atomic E-state index is 13.4. The summed E-state index contributed by atoms with van der Waals surface area (Å²) in [5.74, 6) is 2.25. The van der Waals surface area contributed by atoms with Crippen LogP contribution in [-0.4, -0.2) is 33.2 Å². The van der Waals surface area contributed by atoms with Crippen molar-refractivity contribution >= 4 is 33.4 Å². The van der Waals surface area contributed by atoms with Gasteiger partial charge in [-0.15, -0.1) is 0 Å². The Morgan fingerprint density at radius 2 is 1.84 bits per heavy atom. The van der Waals surface area contributed by atoms with Crippen molar-refractivity contribution in [3.05, 3.63) is 83.8 Å². The number of carbonyl (C=O) groups excluding carboxylic acids is 1. The number of carbonyl (C=O) groups is 1. The zero-order valence-electron chi connectivity index (χ0n) is 18.3. The molecule has 8 heteroatoms. The molecule has 0 aliphatic rings. The number of aryl methyl sites for hydroxylation is 2. The van der Waals surface area contributed by atoms with Crippen molar-refractivity contribution in [1.82, 2.24) is 5.32 Å². The number of furan rings is 1. The Morgan fingerprint density at radius 3 is 2.53 bits per heavy atom. The van der Waals surface area contributed by atoms with E-state index < -0.39 is 10.0 Å². The Balaban J connectivity index is 1.64. The topological polar surface area (TPSA) is 79.6 Å². The molecule has 2 aromatic carbocycles. The smallest absolute Gasteiger partial charge is 0.264 e. The molecule has 0 aliphatic carbocycles. The maximum absolute atomic E-state index is 13.4. The van der Waals surface area contributed by atoms with E-state index in [2.05, 4.69) is 5.32 Å². The van der Waals surface area contributed by atoms with Crippen LogP contribution in [0.25, 0.3) is 0 Å². The summed E-state index contributed by atoms with van der Waals surface area (Å²) in [6.45, 7) is 4.00. The fraction of sp³-hybridized carbons (Fsp3) is 0.292. The van der Waals surface area contributed by atoms with E-state index in [4.69, 9.17) is 4.42 Å². The molecule has 32 heavy (non-hydrogen) atoms. The highest BCUT2D eigenvalue weighted by molar-refractivity contribution is 7.98. The minimum atomic E-state index is -3.89. The van der Waals surface area contributed by atoms with Crippen molar-refractivity contribution in [2.24, 2.45) is 0 Å². The van der Waals surface area contributed by atoms with Crippen LogP contribution >= 0.6 is 11.8 Å². The van der Waals surface area contributed by atoms with Gasteiger partial charge in [0, 0.05) is 6.54 Å². The highest BCUT2D eigenvalue weighted by atomic mass is 32.2. The molecule has 1 heterocycles. The Hall–Kier alpha value is -2.71. The van der Waals surface area contributed by atoms with Crippen molar-refractivity contribution in [3.63, 3.8) is 0 Å². The molecule has 1 amide bonds. The lowest BCUT2D eigenvalue weighted by atomic mass is 10.1. The standard InChI is InChI=1S/C24H28N2O4S2/c1-19-11-12-23(20(2)16-19)26(32(28,29)22-9-4-3-5-10-22)17-24(27)25-13-7-15-31-18-21-8-6-14-30-21/h3-6,8-12,14,16H,7,13,15,17-18H2,1-2H3,(H,25,27). The van der Waals surface area contributed by atoms with Gasteiger partial charge in [-0.2, -0.15) is 11.8 Å². The molecule has 0 aliphatic heterocycles. The zero-order chi connectivity index (χ0) is 23.0. The quantitative estimate of drug-likeness (QED) is 0.415. The molecule has 170 valence electrons. The lowest BCUT2D eigenvalue weighted by Crippen LogP contribution is -2.41. The number of benzene rings is 2. The lowest BCUT2D eigenvalue weighted by Gasteiger charge is -2.26. The highest BCUT2D eigenvalue weighted by Gasteiger charge is 2.28. The normalized spacial score (nSPS) is 11.3. The highest BCUT2D eigenvalue weighted by Crippen LogP contribution is 2.27. The molecule has 1 N–H and O–H groups in total. The zero-order valence-corrected chi connectivity index (χ0v) is 19.9. The first kappa shape index (κ1) is 23.9. The number of thioether (sulfide) groups is 1. The minimum Gasteiger partial charge on any atom is -0.468 e. The molecule has 0 spiro atoms. The molecule has 0 atom stereocenters. The third-order valence-electron chi connectivity index (χ3n) is 4.85. The molecule has 0 saturated carbocycles. The molecular formula is C24H28N2O4S2. The minimum absolute atomic E-state index is 0.155. The number of rotatable bonds is 11. The second-order valence-corrected chi connectivity index (χ2v) is 10.4. The van der Waals surface area contributed by atoms with E-state index in [-0.39, 0.29) is 17.3 Å². The Bertz CT molecular complexity index is 1110. The molecule has 6 nitrogen and oxygen atoms in total. The van der Waals surface area contributed by atoms with Gasteiger partial charge >= 0.3 is 0 Å². The molecule has 3 rings (SSSR count). The fourth-order valence-electron chi connectivity index (χ4n) is 3.26. The van der Waals surface area contributed by atoms with Crippen LogP contribution in [0.15, 0.2) is 76.2 Å². The van der Waals surface area contributed by atoms with E-state index in [0.717, 1.165) is 34.8 Å². The van der Waals surface area contributed by atoms with Gasteiger partial charge in [-0.3, -0.25) is 9.10 Å². The van der Waals surface area contributed by atoms with Crippen LogP contribution in [0.2, 0.25) is 0 Å². The second-order valence-electron chi connectivity index (χ2n) is 7.45. The van der Waals surface area contributed by atoms with Gasteiger partial charge < -0.3 is 9.73 Å². The van der Waals surface area contributed by atoms with Gasteiger partial charge in [-0.05, 0) is 61.9 Å². The van der Waals surface area contributed by atoms with Gasteiger partial charge in [0.1, 0.15) is 12.3 Å². The summed E-state index contributed by atoms with van der Waals surface area (Å²) in [4.78, 5) is 12.8. The van der Waals surface area contributed by atoms with Crippen LogP contribution in [0.4, 0.5) is 5.69 Å². The first-order chi connectivity index (χ1) is 15.4. The molecule has 0 unspecified atom stereocenters. The summed E-state index contributed by atoms with van der Waals surface area (Å²) in [6, 6.07) is 17.5. The third kappa shape index (κ3) is 6.40. The van der Waals surface area contributed by atoms with Crippen LogP contribution in [0.3, 0.4) is 0 Å². The van der Waals surface area contributed by atoms with Gasteiger partial charge in [0.05, 0.1) is 22.6 Å². The average molecular weight is 473 g/mol. The molecular weight excluding hydrogens is 444 g/mol. The van der Waals surface area contributed by atoms with E-state index in [1.807, 2.05) is 38.1 Å².